The molecule has 3 N–H and O–H groups in total. The predicted octanol–water partition coefficient (Wildman–Crippen LogP) is 1.67. The molecule has 2 aromatic rings. The van der Waals surface area contributed by atoms with Crippen LogP contribution < -0.4 is 0 Å². The number of hydrogen-bond acceptors (Lipinski definition) is 6. The standard InChI is InChI=1S/C14H20N6O.2C2HF3O2/c1-18(2)14(21)13-10-8-20(6-4-11(10)16-17-13)9-12-15-5-7-19(12)3;2*3-2(4,5)1(6)7/h5,7H,4,6,8-9H2,1-3H3,(H,16,17);2*(H,6,7). The first-order valence-electron chi connectivity index (χ1n) is 9.51. The minimum absolute atomic E-state index is 0.0497. The number of nitrogens with one attached hydrogen (secondary N) is 1. The van der Waals surface area contributed by atoms with Gasteiger partial charge in [-0.05, 0) is 0 Å². The van der Waals surface area contributed by atoms with Gasteiger partial charge in [0.1, 0.15) is 5.82 Å². The zero-order valence-electron chi connectivity index (χ0n) is 18.6. The maximum absolute atomic E-state index is 12.2. The Morgan fingerprint density at radius 1 is 1.09 bits per heavy atom. The predicted molar refractivity (Wildman–Crippen MR) is 105 cm³/mol. The van der Waals surface area contributed by atoms with E-state index in [4.69, 9.17) is 19.8 Å². The first-order valence-corrected chi connectivity index (χ1v) is 9.51. The second kappa shape index (κ2) is 11.7. The van der Waals surface area contributed by atoms with Crippen molar-refractivity contribution in [1.82, 2.24) is 29.5 Å². The normalized spacial score (nSPS) is 13.5. The zero-order chi connectivity index (χ0) is 27.1. The third-order valence-corrected chi connectivity index (χ3v) is 4.39. The lowest BCUT2D eigenvalue weighted by molar-refractivity contribution is -0.193. The molecule has 0 unspecified atom stereocenters. The largest absolute Gasteiger partial charge is 0.490 e. The number of fused-ring (bicyclic) bond motifs is 1. The van der Waals surface area contributed by atoms with Gasteiger partial charge in [-0.1, -0.05) is 0 Å². The Balaban J connectivity index is 0.000000362. The van der Waals surface area contributed by atoms with Gasteiger partial charge in [0, 0.05) is 64.3 Å². The summed E-state index contributed by atoms with van der Waals surface area (Å²) < 4.78 is 65.5. The van der Waals surface area contributed by atoms with E-state index in [9.17, 15) is 31.1 Å². The van der Waals surface area contributed by atoms with E-state index < -0.39 is 24.3 Å². The molecule has 1 aliphatic heterocycles. The average molecular weight is 516 g/mol. The van der Waals surface area contributed by atoms with Gasteiger partial charge in [-0.3, -0.25) is 14.8 Å². The van der Waals surface area contributed by atoms with E-state index in [0.29, 0.717) is 5.69 Å². The Morgan fingerprint density at radius 3 is 2.00 bits per heavy atom. The molecule has 35 heavy (non-hydrogen) atoms. The van der Waals surface area contributed by atoms with E-state index in [2.05, 4.69) is 20.1 Å². The summed E-state index contributed by atoms with van der Waals surface area (Å²) in [6.07, 6.45) is -5.53. The molecule has 0 atom stereocenters. The minimum atomic E-state index is -5.08. The highest BCUT2D eigenvalue weighted by atomic mass is 19.4. The molecule has 0 spiro atoms. The van der Waals surface area contributed by atoms with Gasteiger partial charge in [0.15, 0.2) is 5.69 Å². The Hall–Kier alpha value is -3.63. The fourth-order valence-corrected chi connectivity index (χ4v) is 2.62. The van der Waals surface area contributed by atoms with Gasteiger partial charge in [-0.15, -0.1) is 0 Å². The molecule has 0 aliphatic carbocycles. The van der Waals surface area contributed by atoms with Crippen molar-refractivity contribution in [1.29, 1.82) is 0 Å². The number of aromatic nitrogens is 4. The zero-order valence-corrected chi connectivity index (χ0v) is 18.6. The molecule has 2 aromatic heterocycles. The topological polar surface area (TPSA) is 145 Å². The molecular weight excluding hydrogens is 494 g/mol. The lowest BCUT2D eigenvalue weighted by Gasteiger charge is -2.26. The number of nitrogens with zero attached hydrogens (tertiary/aromatic N) is 5. The quantitative estimate of drug-likeness (QED) is 0.523. The van der Waals surface area contributed by atoms with Crippen LogP contribution in [0.3, 0.4) is 0 Å². The van der Waals surface area contributed by atoms with Crippen molar-refractivity contribution >= 4 is 17.8 Å². The van der Waals surface area contributed by atoms with E-state index >= 15 is 0 Å². The van der Waals surface area contributed by atoms with Crippen molar-refractivity contribution < 1.29 is 50.9 Å². The number of aromatic amines is 1. The maximum Gasteiger partial charge on any atom is 0.490 e. The molecule has 0 saturated carbocycles. The van der Waals surface area contributed by atoms with Crippen LogP contribution in [0.5, 0.6) is 0 Å². The van der Waals surface area contributed by atoms with Crippen LogP contribution in [0.4, 0.5) is 26.3 Å². The fourth-order valence-electron chi connectivity index (χ4n) is 2.62. The first-order chi connectivity index (χ1) is 15.9. The Labute approximate surface area is 193 Å². The molecule has 11 nitrogen and oxygen atoms in total. The third-order valence-electron chi connectivity index (χ3n) is 4.39. The second-order valence-electron chi connectivity index (χ2n) is 7.25. The highest BCUT2D eigenvalue weighted by Gasteiger charge is 2.38. The number of carbonyl (C=O) groups is 3. The van der Waals surface area contributed by atoms with Crippen LogP contribution in [0.2, 0.25) is 0 Å². The smallest absolute Gasteiger partial charge is 0.475 e. The number of aliphatic carboxylic acids is 2. The number of rotatable bonds is 3. The molecule has 0 fully saturated rings. The number of aryl methyl sites for hydroxylation is 1. The van der Waals surface area contributed by atoms with Crippen LogP contribution in [-0.4, -0.2) is 90.6 Å². The number of alkyl halides is 6. The molecule has 1 amide bonds. The number of amides is 1. The highest BCUT2D eigenvalue weighted by Crippen LogP contribution is 2.22. The van der Waals surface area contributed by atoms with E-state index in [-0.39, 0.29) is 5.91 Å². The van der Waals surface area contributed by atoms with Crippen molar-refractivity contribution in [3.8, 4) is 0 Å². The molecule has 196 valence electrons. The molecule has 0 saturated heterocycles. The van der Waals surface area contributed by atoms with Crippen LogP contribution in [0.25, 0.3) is 0 Å². The number of H-pyrrole nitrogens is 1. The lowest BCUT2D eigenvalue weighted by Crippen LogP contribution is -2.32. The van der Waals surface area contributed by atoms with Crippen LogP contribution in [0.15, 0.2) is 12.4 Å². The van der Waals surface area contributed by atoms with Crippen molar-refractivity contribution in [3.05, 3.63) is 35.2 Å². The van der Waals surface area contributed by atoms with Crippen molar-refractivity contribution in [2.45, 2.75) is 31.9 Å². The van der Waals surface area contributed by atoms with Crippen molar-refractivity contribution in [2.75, 3.05) is 20.6 Å². The van der Waals surface area contributed by atoms with Gasteiger partial charge in [0.05, 0.1) is 6.54 Å². The lowest BCUT2D eigenvalue weighted by atomic mass is 10.0. The average Bonchev–Trinajstić information content (AvgIpc) is 3.32. The van der Waals surface area contributed by atoms with Crippen LogP contribution in [0, 0.1) is 0 Å². The monoisotopic (exact) mass is 516 g/mol. The van der Waals surface area contributed by atoms with Gasteiger partial charge in [-0.25, -0.2) is 14.6 Å². The van der Waals surface area contributed by atoms with Crippen LogP contribution in [-0.2, 0) is 36.1 Å². The SMILES string of the molecule is CN(C)C(=O)c1n[nH]c2c1CN(Cc1nccn1C)CC2.O=C(O)C(F)(F)F.O=C(O)C(F)(F)F. The Morgan fingerprint density at radius 2 is 1.60 bits per heavy atom. The summed E-state index contributed by atoms with van der Waals surface area (Å²) in [7, 11) is 5.49. The fraction of sp³-hybridized carbons (Fsp3) is 0.500. The number of carboxylic acids is 2. The molecule has 3 heterocycles. The van der Waals surface area contributed by atoms with E-state index in [0.717, 1.165) is 43.1 Å². The van der Waals surface area contributed by atoms with E-state index in [1.54, 1.807) is 19.0 Å². The highest BCUT2D eigenvalue weighted by molar-refractivity contribution is 5.93. The number of carboxylic acid groups (broad SMARTS) is 2. The molecule has 3 rings (SSSR count). The van der Waals surface area contributed by atoms with E-state index in [1.807, 2.05) is 24.0 Å². The molecule has 0 aromatic carbocycles. The van der Waals surface area contributed by atoms with Crippen molar-refractivity contribution in [3.63, 3.8) is 0 Å². The van der Waals surface area contributed by atoms with Gasteiger partial charge < -0.3 is 19.7 Å². The summed E-state index contributed by atoms with van der Waals surface area (Å²) in [6, 6.07) is 0. The number of hydrogen-bond donors (Lipinski definition) is 3. The summed E-state index contributed by atoms with van der Waals surface area (Å²) in [5, 5.41) is 21.5. The number of imidazole rings is 1. The number of carbonyl (C=O) groups excluding carboxylic acids is 1. The van der Waals surface area contributed by atoms with Gasteiger partial charge in [-0.2, -0.15) is 31.4 Å². The molecule has 0 bridgehead atoms. The minimum Gasteiger partial charge on any atom is -0.475 e. The summed E-state index contributed by atoms with van der Waals surface area (Å²) in [5.74, 6) is -4.53. The first kappa shape index (κ1) is 29.4. The molecule has 17 heteroatoms. The van der Waals surface area contributed by atoms with Crippen molar-refractivity contribution in [2.24, 2.45) is 7.05 Å². The maximum atomic E-state index is 12.2. The van der Waals surface area contributed by atoms with Gasteiger partial charge in [0.25, 0.3) is 5.91 Å². The Bertz CT molecular complexity index is 1010. The van der Waals surface area contributed by atoms with Crippen LogP contribution >= 0.6 is 0 Å². The summed E-state index contributed by atoms with van der Waals surface area (Å²) >= 11 is 0. The van der Waals surface area contributed by atoms with Crippen LogP contribution in [0.1, 0.15) is 27.6 Å². The molecule has 1 aliphatic rings. The summed E-state index contributed by atoms with van der Waals surface area (Å²) in [6.45, 7) is 2.45. The van der Waals surface area contributed by atoms with Gasteiger partial charge >= 0.3 is 24.3 Å². The summed E-state index contributed by atoms with van der Waals surface area (Å²) in [4.78, 5) is 38.2. The molecular formula is C18H22F6N6O5. The summed E-state index contributed by atoms with van der Waals surface area (Å²) in [5.41, 5.74) is 2.64. The van der Waals surface area contributed by atoms with Gasteiger partial charge in [0.2, 0.25) is 0 Å². The Kier molecular flexibility index (Phi) is 9.81. The molecule has 0 radical (unpaired) electrons. The second-order valence-corrected chi connectivity index (χ2v) is 7.25. The number of halogens is 6. The third kappa shape index (κ3) is 8.91. The van der Waals surface area contributed by atoms with E-state index in [1.165, 1.54) is 0 Å².